The lowest BCUT2D eigenvalue weighted by molar-refractivity contribution is -0.220. The summed E-state index contributed by atoms with van der Waals surface area (Å²) in [6, 6.07) is -1.27. The summed E-state index contributed by atoms with van der Waals surface area (Å²) < 4.78 is 22.7. The average Bonchev–Trinajstić information content (AvgIpc) is 3.17. The van der Waals surface area contributed by atoms with E-state index >= 15 is 0 Å². The smallest absolute Gasteiger partial charge is 0.393 e. The quantitative estimate of drug-likeness (QED) is 0.0212. The number of phosphoric ester groups is 1. The van der Waals surface area contributed by atoms with Crippen molar-refractivity contribution in [1.82, 2.24) is 5.32 Å². The summed E-state index contributed by atoms with van der Waals surface area (Å²) in [6.07, 6.45) is 22.4. The molecule has 14 heteroatoms. The number of unbranched alkanes of at least 4 members (excludes halogenated alkanes) is 14. The van der Waals surface area contributed by atoms with Crippen molar-refractivity contribution in [3.05, 3.63) is 48.6 Å². The van der Waals surface area contributed by atoms with E-state index in [1.54, 1.807) is 6.08 Å². The number of aliphatic hydroxyl groups excluding tert-OH is 7. The van der Waals surface area contributed by atoms with E-state index in [0.717, 1.165) is 51.4 Å². The van der Waals surface area contributed by atoms with E-state index in [4.69, 9.17) is 9.05 Å². The van der Waals surface area contributed by atoms with Crippen LogP contribution in [0.3, 0.4) is 0 Å². The number of rotatable bonds is 33. The highest BCUT2D eigenvalue weighted by atomic mass is 31.2. The van der Waals surface area contributed by atoms with Gasteiger partial charge in [0.2, 0.25) is 5.91 Å². The topological polar surface area (TPSA) is 226 Å². The van der Waals surface area contributed by atoms with Gasteiger partial charge in [-0.1, -0.05) is 127 Å². The Kier molecular flexibility index (Phi) is 30.0. The number of phosphoric acid groups is 1. The Morgan fingerprint density at radius 1 is 0.643 bits per heavy atom. The molecule has 0 spiro atoms. The zero-order chi connectivity index (χ0) is 41.6. The van der Waals surface area contributed by atoms with Crippen LogP contribution in [0.1, 0.15) is 149 Å². The number of carbonyl (C=O) groups is 1. The first-order chi connectivity index (χ1) is 26.8. The lowest BCUT2D eigenvalue weighted by atomic mass is 9.85. The lowest BCUT2D eigenvalue weighted by Crippen LogP contribution is -2.64. The summed E-state index contributed by atoms with van der Waals surface area (Å²) in [4.78, 5) is 23.3. The molecular formula is C42H76NO12P. The van der Waals surface area contributed by atoms with Crippen LogP contribution in [0.15, 0.2) is 48.6 Å². The fourth-order valence-corrected chi connectivity index (χ4v) is 7.36. The molecule has 0 aromatic rings. The predicted molar refractivity (Wildman–Crippen MR) is 219 cm³/mol. The average molecular weight is 818 g/mol. The van der Waals surface area contributed by atoms with Gasteiger partial charge in [0, 0.05) is 0 Å². The van der Waals surface area contributed by atoms with Gasteiger partial charge in [0.15, 0.2) is 0 Å². The second-order valence-corrected chi connectivity index (χ2v) is 16.4. The number of allylic oxidation sites excluding steroid dienone is 7. The van der Waals surface area contributed by atoms with Crippen LogP contribution in [0.25, 0.3) is 0 Å². The van der Waals surface area contributed by atoms with Crippen LogP contribution in [-0.2, 0) is 18.4 Å². The van der Waals surface area contributed by atoms with Crippen LogP contribution >= 0.6 is 7.82 Å². The Hall–Kier alpha value is -1.74. The van der Waals surface area contributed by atoms with E-state index in [1.807, 2.05) is 6.08 Å². The van der Waals surface area contributed by atoms with Gasteiger partial charge in [-0.3, -0.25) is 13.8 Å². The maximum atomic E-state index is 12.9. The molecule has 1 rings (SSSR count). The molecule has 8 atom stereocenters. The van der Waals surface area contributed by atoms with Crippen molar-refractivity contribution < 1.29 is 59.0 Å². The van der Waals surface area contributed by atoms with E-state index < -0.39 is 75.2 Å². The molecule has 1 fully saturated rings. The third kappa shape index (κ3) is 24.2. The highest BCUT2D eigenvalue weighted by Crippen LogP contribution is 2.47. The Morgan fingerprint density at radius 3 is 1.66 bits per heavy atom. The minimum atomic E-state index is -5.15. The lowest BCUT2D eigenvalue weighted by Gasteiger charge is -2.41. The van der Waals surface area contributed by atoms with Crippen molar-refractivity contribution in [1.29, 1.82) is 0 Å². The maximum absolute atomic E-state index is 12.9. The van der Waals surface area contributed by atoms with Crippen LogP contribution in [0, 0.1) is 0 Å². The molecule has 56 heavy (non-hydrogen) atoms. The zero-order valence-corrected chi connectivity index (χ0v) is 34.9. The van der Waals surface area contributed by atoms with E-state index in [2.05, 4.69) is 49.5 Å². The van der Waals surface area contributed by atoms with Crippen molar-refractivity contribution in [2.24, 2.45) is 0 Å². The zero-order valence-electron chi connectivity index (χ0n) is 34.0. The summed E-state index contributed by atoms with van der Waals surface area (Å²) in [7, 11) is -5.15. The molecule has 0 aromatic carbocycles. The highest BCUT2D eigenvalue weighted by Gasteiger charge is 2.51. The third-order valence-corrected chi connectivity index (χ3v) is 10.9. The third-order valence-electron chi connectivity index (χ3n) is 9.88. The molecule has 1 aliphatic carbocycles. The molecule has 1 aliphatic rings. The van der Waals surface area contributed by atoms with Crippen molar-refractivity contribution in [2.45, 2.75) is 204 Å². The summed E-state index contributed by atoms with van der Waals surface area (Å²) in [6.45, 7) is 3.56. The molecule has 1 amide bonds. The molecular weight excluding hydrogens is 741 g/mol. The number of hydrogen-bond acceptors (Lipinski definition) is 11. The molecule has 0 bridgehead atoms. The first-order valence-corrected chi connectivity index (χ1v) is 22.7. The molecule has 8 unspecified atom stereocenters. The molecule has 0 radical (unpaired) electrons. The molecule has 326 valence electrons. The van der Waals surface area contributed by atoms with Crippen molar-refractivity contribution in [3.63, 3.8) is 0 Å². The Morgan fingerprint density at radius 2 is 1.11 bits per heavy atom. The minimum absolute atomic E-state index is 0.268. The summed E-state index contributed by atoms with van der Waals surface area (Å²) >= 11 is 0. The van der Waals surface area contributed by atoms with Crippen molar-refractivity contribution in [2.75, 3.05) is 6.61 Å². The van der Waals surface area contributed by atoms with Gasteiger partial charge in [0.25, 0.3) is 0 Å². The normalized spacial score (nSPS) is 24.7. The standard InChI is InChI=1S/C42H76NO12P/c1-3-5-7-9-11-13-15-16-17-18-19-20-21-23-25-27-29-33(44)31-36(46)43-34(35(45)30-28-26-24-22-14-12-10-8-6-4-2)32-54-56(52,53)55-42-40(50)38(48)37(47)39(49)41(42)51/h6,8,14,19-20,22,28,30,33-35,37-42,44-45,47-51H,3-5,7,9-13,15-18,21,23-27,29,31-32H2,1-2H3,(H,43,46)(H,52,53)/b8-6+,20-19-,22-14+,30-28+. The first kappa shape index (κ1) is 52.3. The van der Waals surface area contributed by atoms with Crippen LogP contribution in [0.2, 0.25) is 0 Å². The molecule has 13 nitrogen and oxygen atoms in total. The van der Waals surface area contributed by atoms with Crippen LogP contribution in [0.5, 0.6) is 0 Å². The van der Waals surface area contributed by atoms with Crippen LogP contribution in [0.4, 0.5) is 0 Å². The first-order valence-electron chi connectivity index (χ1n) is 21.2. The fourth-order valence-electron chi connectivity index (χ4n) is 6.39. The van der Waals surface area contributed by atoms with Gasteiger partial charge in [-0.15, -0.1) is 0 Å². The SMILES string of the molecule is CC/C=C/CC/C=C/CC/C=C/C(O)C(COP(=O)(O)OC1C(O)C(O)C(O)C(O)C1O)NC(=O)CC(O)CCCCC/C=C\CCCCCCCCCCC. The van der Waals surface area contributed by atoms with Gasteiger partial charge in [-0.25, -0.2) is 4.57 Å². The monoisotopic (exact) mass is 818 g/mol. The number of amides is 1. The van der Waals surface area contributed by atoms with Crippen molar-refractivity contribution >= 4 is 13.7 Å². The molecule has 1 saturated carbocycles. The Labute approximate surface area is 336 Å². The molecule has 9 N–H and O–H groups in total. The van der Waals surface area contributed by atoms with E-state index in [1.165, 1.54) is 63.9 Å². The van der Waals surface area contributed by atoms with Gasteiger partial charge in [-0.2, -0.15) is 0 Å². The number of carbonyl (C=O) groups excluding carboxylic acids is 1. The van der Waals surface area contributed by atoms with Gasteiger partial charge in [-0.05, 0) is 64.2 Å². The molecule has 0 heterocycles. The Bertz CT molecular complexity index is 1150. The largest absolute Gasteiger partial charge is 0.472 e. The number of aliphatic hydroxyl groups is 7. The van der Waals surface area contributed by atoms with Gasteiger partial charge in [0.1, 0.15) is 36.6 Å². The summed E-state index contributed by atoms with van der Waals surface area (Å²) in [5, 5.41) is 74.1. The molecule has 0 saturated heterocycles. The van der Waals surface area contributed by atoms with E-state index in [0.29, 0.717) is 19.3 Å². The molecule has 0 aromatic heterocycles. The van der Waals surface area contributed by atoms with Gasteiger partial charge < -0.3 is 46.0 Å². The minimum Gasteiger partial charge on any atom is -0.393 e. The Balaban J connectivity index is 2.59. The summed E-state index contributed by atoms with van der Waals surface area (Å²) in [5.74, 6) is -0.620. The second-order valence-electron chi connectivity index (χ2n) is 15.0. The van der Waals surface area contributed by atoms with Gasteiger partial charge >= 0.3 is 7.82 Å². The van der Waals surface area contributed by atoms with Gasteiger partial charge in [0.05, 0.1) is 31.3 Å². The highest BCUT2D eigenvalue weighted by molar-refractivity contribution is 7.47. The predicted octanol–water partition coefficient (Wildman–Crippen LogP) is 5.97. The summed E-state index contributed by atoms with van der Waals surface area (Å²) in [5.41, 5.74) is 0. The van der Waals surface area contributed by atoms with Crippen LogP contribution in [-0.4, -0.2) is 108 Å². The number of hydrogen-bond donors (Lipinski definition) is 9. The van der Waals surface area contributed by atoms with E-state index in [-0.39, 0.29) is 6.42 Å². The van der Waals surface area contributed by atoms with Crippen LogP contribution < -0.4 is 5.32 Å². The maximum Gasteiger partial charge on any atom is 0.472 e. The number of nitrogens with one attached hydrogen (secondary N) is 1. The van der Waals surface area contributed by atoms with Crippen molar-refractivity contribution in [3.8, 4) is 0 Å². The fraction of sp³-hybridized carbons (Fsp3) is 0.786. The van der Waals surface area contributed by atoms with E-state index in [9.17, 15) is 50.0 Å². The molecule has 0 aliphatic heterocycles. The second kappa shape index (κ2) is 32.2.